The van der Waals surface area contributed by atoms with E-state index in [1.54, 1.807) is 34.9 Å². The molecule has 0 bridgehead atoms. The van der Waals surface area contributed by atoms with Gasteiger partial charge in [-0.1, -0.05) is 53.2 Å². The highest BCUT2D eigenvalue weighted by Gasteiger charge is 2.33. The van der Waals surface area contributed by atoms with Crippen molar-refractivity contribution in [2.24, 2.45) is 0 Å². The molecule has 0 radical (unpaired) electrons. The van der Waals surface area contributed by atoms with E-state index in [1.807, 2.05) is 79.7 Å². The number of hydrogen-bond acceptors (Lipinski definition) is 8. The van der Waals surface area contributed by atoms with E-state index < -0.39 is 6.04 Å². The van der Waals surface area contributed by atoms with Crippen LogP contribution in [0.15, 0.2) is 91.0 Å². The monoisotopic (exact) mass is 634 g/mol. The Labute approximate surface area is 273 Å². The van der Waals surface area contributed by atoms with Gasteiger partial charge >= 0.3 is 0 Å². The number of methoxy groups -OCH3 is 2. The number of ether oxygens (including phenoxy) is 3. The number of amides is 2. The molecule has 1 aromatic heterocycles. The maximum Gasteiger partial charge on any atom is 0.251 e. The molecule has 4 aromatic carbocycles. The van der Waals surface area contributed by atoms with Crippen molar-refractivity contribution in [3.05, 3.63) is 108 Å². The van der Waals surface area contributed by atoms with E-state index in [9.17, 15) is 9.59 Å². The molecule has 1 N–H and O–H groups in total. The quantitative estimate of drug-likeness (QED) is 0.216. The zero-order valence-electron chi connectivity index (χ0n) is 26.8. The second-order valence-corrected chi connectivity index (χ2v) is 11.4. The topological polar surface area (TPSA) is 111 Å². The van der Waals surface area contributed by atoms with Crippen LogP contribution in [-0.4, -0.2) is 72.2 Å². The number of carbonyl (C=O) groups is 2. The molecule has 2 heterocycles. The summed E-state index contributed by atoms with van der Waals surface area (Å²) in [6, 6.07) is 27.3. The van der Waals surface area contributed by atoms with Crippen LogP contribution in [0.1, 0.15) is 22.7 Å². The number of anilines is 2. The number of para-hydroxylation sites is 1. The number of benzene rings is 4. The Morgan fingerprint density at radius 1 is 0.915 bits per heavy atom. The Hall–Kier alpha value is -5.42. The highest BCUT2D eigenvalue weighted by Crippen LogP contribution is 2.34. The van der Waals surface area contributed by atoms with Crippen LogP contribution in [0.5, 0.6) is 11.5 Å². The van der Waals surface area contributed by atoms with Crippen molar-refractivity contribution in [2.45, 2.75) is 26.1 Å². The molecule has 242 valence electrons. The van der Waals surface area contributed by atoms with Gasteiger partial charge in [-0.3, -0.25) is 9.59 Å². The lowest BCUT2D eigenvalue weighted by Gasteiger charge is -2.32. The summed E-state index contributed by atoms with van der Waals surface area (Å²) in [7, 11) is 3.09. The second-order valence-electron chi connectivity index (χ2n) is 11.4. The van der Waals surface area contributed by atoms with E-state index in [1.165, 1.54) is 7.11 Å². The van der Waals surface area contributed by atoms with Crippen molar-refractivity contribution >= 4 is 34.2 Å². The molecular weight excluding hydrogens is 596 g/mol. The van der Waals surface area contributed by atoms with Gasteiger partial charge in [-0.25, -0.2) is 4.68 Å². The van der Waals surface area contributed by atoms with Crippen LogP contribution in [0.4, 0.5) is 11.4 Å². The summed E-state index contributed by atoms with van der Waals surface area (Å²) in [5.41, 5.74) is 5.61. The minimum atomic E-state index is -1.03. The third kappa shape index (κ3) is 7.20. The predicted octanol–water partition coefficient (Wildman–Crippen LogP) is 5.00. The molecule has 1 fully saturated rings. The molecule has 6 rings (SSSR count). The first-order valence-corrected chi connectivity index (χ1v) is 15.5. The summed E-state index contributed by atoms with van der Waals surface area (Å²) < 4.78 is 18.1. The molecule has 0 aliphatic carbocycles. The van der Waals surface area contributed by atoms with E-state index in [-0.39, 0.29) is 24.9 Å². The van der Waals surface area contributed by atoms with E-state index >= 15 is 0 Å². The number of nitrogens with zero attached hydrogens (tertiary/aromatic N) is 5. The normalized spacial score (nSPS) is 13.6. The summed E-state index contributed by atoms with van der Waals surface area (Å²) in [6.07, 6.45) is 0. The molecular formula is C36H38N6O5. The molecule has 1 atom stereocenters. The fraction of sp³-hybridized carbons (Fsp3) is 0.278. The number of aryl methyl sites for hydroxylation is 1. The first-order chi connectivity index (χ1) is 22.9. The summed E-state index contributed by atoms with van der Waals surface area (Å²) in [6.45, 7) is 5.05. The van der Waals surface area contributed by atoms with Gasteiger partial charge in [0.15, 0.2) is 11.5 Å². The van der Waals surface area contributed by atoms with Gasteiger partial charge in [0.1, 0.15) is 18.1 Å². The Morgan fingerprint density at radius 3 is 2.36 bits per heavy atom. The molecule has 2 amide bonds. The van der Waals surface area contributed by atoms with Crippen molar-refractivity contribution < 1.29 is 23.8 Å². The molecule has 1 aliphatic rings. The zero-order valence-corrected chi connectivity index (χ0v) is 26.8. The van der Waals surface area contributed by atoms with Crippen molar-refractivity contribution in [3.8, 4) is 11.5 Å². The van der Waals surface area contributed by atoms with Crippen LogP contribution in [0.3, 0.4) is 0 Å². The van der Waals surface area contributed by atoms with Crippen LogP contribution in [-0.2, 0) is 27.4 Å². The smallest absolute Gasteiger partial charge is 0.251 e. The maximum atomic E-state index is 14.4. The average Bonchev–Trinajstić information content (AvgIpc) is 3.51. The number of rotatable bonds is 11. The number of carbonyl (C=O) groups excluding carboxylic acids is 2. The lowest BCUT2D eigenvalue weighted by molar-refractivity contribution is -0.140. The summed E-state index contributed by atoms with van der Waals surface area (Å²) in [4.78, 5) is 32.6. The average molecular weight is 635 g/mol. The molecule has 1 aliphatic heterocycles. The summed E-state index contributed by atoms with van der Waals surface area (Å²) in [5, 5.41) is 11.5. The van der Waals surface area contributed by atoms with E-state index in [4.69, 9.17) is 14.2 Å². The fourth-order valence-corrected chi connectivity index (χ4v) is 5.75. The third-order valence-electron chi connectivity index (χ3n) is 8.29. The van der Waals surface area contributed by atoms with Crippen LogP contribution in [0, 0.1) is 6.92 Å². The van der Waals surface area contributed by atoms with E-state index in [2.05, 4.69) is 20.5 Å². The highest BCUT2D eigenvalue weighted by atomic mass is 16.5. The Kier molecular flexibility index (Phi) is 9.63. The Morgan fingerprint density at radius 2 is 1.64 bits per heavy atom. The highest BCUT2D eigenvalue weighted by molar-refractivity contribution is 5.98. The number of nitrogens with one attached hydrogen (secondary N) is 1. The maximum absolute atomic E-state index is 14.4. The SMILES string of the molecule is COc1ccc(C(C(=O)Nc2ccc(N3CCOCC3)cc2)N(Cc2ccc(C)cc2)C(=O)Cn2nnc3ccccc32)cc1OC. The summed E-state index contributed by atoms with van der Waals surface area (Å²) >= 11 is 0. The summed E-state index contributed by atoms with van der Waals surface area (Å²) in [5.74, 6) is 0.279. The molecule has 11 heteroatoms. The van der Waals surface area contributed by atoms with E-state index in [0.29, 0.717) is 41.5 Å². The van der Waals surface area contributed by atoms with Crippen LogP contribution in [0.2, 0.25) is 0 Å². The molecule has 1 unspecified atom stereocenters. The second kappa shape index (κ2) is 14.3. The largest absolute Gasteiger partial charge is 0.493 e. The van der Waals surface area contributed by atoms with Gasteiger partial charge in [-0.05, 0) is 66.6 Å². The van der Waals surface area contributed by atoms with Gasteiger partial charge in [0.2, 0.25) is 5.91 Å². The third-order valence-corrected chi connectivity index (χ3v) is 8.29. The zero-order chi connectivity index (χ0) is 32.8. The molecule has 5 aromatic rings. The first kappa shape index (κ1) is 31.6. The van der Waals surface area contributed by atoms with Gasteiger partial charge < -0.3 is 29.3 Å². The van der Waals surface area contributed by atoms with Gasteiger partial charge in [0, 0.05) is 31.0 Å². The van der Waals surface area contributed by atoms with Crippen LogP contribution < -0.4 is 19.7 Å². The van der Waals surface area contributed by atoms with Crippen molar-refractivity contribution in [1.82, 2.24) is 19.9 Å². The minimum Gasteiger partial charge on any atom is -0.493 e. The fourth-order valence-electron chi connectivity index (χ4n) is 5.75. The van der Waals surface area contributed by atoms with E-state index in [0.717, 1.165) is 35.4 Å². The Balaban J connectivity index is 1.37. The van der Waals surface area contributed by atoms with Gasteiger partial charge in [0.05, 0.1) is 33.0 Å². The van der Waals surface area contributed by atoms with Crippen LogP contribution >= 0.6 is 0 Å². The van der Waals surface area contributed by atoms with Crippen molar-refractivity contribution in [3.63, 3.8) is 0 Å². The number of morpholine rings is 1. The molecule has 11 nitrogen and oxygen atoms in total. The van der Waals surface area contributed by atoms with Gasteiger partial charge in [-0.15, -0.1) is 5.10 Å². The number of fused-ring (bicyclic) bond motifs is 1. The van der Waals surface area contributed by atoms with Crippen molar-refractivity contribution in [1.29, 1.82) is 0 Å². The number of aromatic nitrogens is 3. The van der Waals surface area contributed by atoms with Crippen molar-refractivity contribution in [2.75, 3.05) is 50.7 Å². The molecule has 1 saturated heterocycles. The minimum absolute atomic E-state index is 0.113. The van der Waals surface area contributed by atoms with Gasteiger partial charge in [-0.2, -0.15) is 0 Å². The van der Waals surface area contributed by atoms with Gasteiger partial charge in [0.25, 0.3) is 5.91 Å². The Bertz CT molecular complexity index is 1830. The number of hydrogen-bond donors (Lipinski definition) is 1. The lowest BCUT2D eigenvalue weighted by Crippen LogP contribution is -2.42. The lowest BCUT2D eigenvalue weighted by atomic mass is 10.0. The molecule has 47 heavy (non-hydrogen) atoms. The predicted molar refractivity (Wildman–Crippen MR) is 180 cm³/mol. The van der Waals surface area contributed by atoms with Crippen LogP contribution in [0.25, 0.3) is 11.0 Å². The molecule has 0 spiro atoms. The standard InChI is InChI=1S/C36H38N6O5/c1-25-8-10-26(11-9-25)23-41(34(43)24-42-31-7-5-4-6-30(31)38-39-42)35(27-12-17-32(45-2)33(22-27)46-3)36(44)37-28-13-15-29(16-14-28)40-18-20-47-21-19-40/h4-17,22,35H,18-21,23-24H2,1-3H3,(H,37,44). The molecule has 0 saturated carbocycles. The first-order valence-electron chi connectivity index (χ1n) is 15.5.